The summed E-state index contributed by atoms with van der Waals surface area (Å²) in [6.45, 7) is 0. The lowest BCUT2D eigenvalue weighted by Crippen LogP contribution is -2.03. The van der Waals surface area contributed by atoms with Crippen molar-refractivity contribution in [3.05, 3.63) is 46.1 Å². The van der Waals surface area contributed by atoms with Crippen LogP contribution in [0, 0.1) is 0 Å². The van der Waals surface area contributed by atoms with Gasteiger partial charge in [-0.05, 0) is 12.1 Å². The lowest BCUT2D eigenvalue weighted by atomic mass is 10.1. The summed E-state index contributed by atoms with van der Waals surface area (Å²) in [6.07, 6.45) is 1.29. The van der Waals surface area contributed by atoms with Crippen LogP contribution in [0.1, 0.15) is 10.4 Å². The number of nitrogens with two attached hydrogens (primary N) is 1. The molecule has 3 N–H and O–H groups in total. The number of aromatic carboxylic acids is 1. The molecule has 0 saturated heterocycles. The van der Waals surface area contributed by atoms with Gasteiger partial charge in [0.1, 0.15) is 0 Å². The van der Waals surface area contributed by atoms with E-state index in [1.54, 1.807) is 18.2 Å². The van der Waals surface area contributed by atoms with Crippen LogP contribution in [0.5, 0.6) is 0 Å². The number of carboxylic acids is 1. The van der Waals surface area contributed by atoms with Gasteiger partial charge >= 0.3 is 5.97 Å². The molecule has 2 rings (SSSR count). The largest absolute Gasteiger partial charge is 0.478 e. The highest BCUT2D eigenvalue weighted by molar-refractivity contribution is 6.43. The summed E-state index contributed by atoms with van der Waals surface area (Å²) in [5.41, 5.74) is 6.59. The van der Waals surface area contributed by atoms with Crippen LogP contribution in [0.2, 0.25) is 10.0 Å². The lowest BCUT2D eigenvalue weighted by molar-refractivity contribution is 0.0698. The first-order chi connectivity index (χ1) is 8.50. The molecule has 18 heavy (non-hydrogen) atoms. The van der Waals surface area contributed by atoms with Crippen molar-refractivity contribution in [3.63, 3.8) is 0 Å². The molecule has 0 atom stereocenters. The standard InChI is InChI=1S/C12H8Cl2N2O2/c13-8-3-1-2-6(11(8)14)10-4-7(12(17)18)9(15)5-16-10/h1-5H,15H2,(H,17,18). The molecule has 0 amide bonds. The van der Waals surface area contributed by atoms with E-state index in [1.807, 2.05) is 0 Å². The Balaban J connectivity index is 2.62. The molecule has 0 aliphatic heterocycles. The maximum Gasteiger partial charge on any atom is 0.337 e. The van der Waals surface area contributed by atoms with Crippen LogP contribution in [-0.4, -0.2) is 16.1 Å². The second kappa shape index (κ2) is 4.84. The van der Waals surface area contributed by atoms with Crippen molar-refractivity contribution in [1.29, 1.82) is 0 Å². The van der Waals surface area contributed by atoms with Gasteiger partial charge in [0.05, 0.1) is 33.2 Å². The fourth-order valence-corrected chi connectivity index (χ4v) is 1.90. The van der Waals surface area contributed by atoms with Gasteiger partial charge in [-0.3, -0.25) is 4.98 Å². The molecular weight excluding hydrogens is 275 g/mol. The Kier molecular flexibility index (Phi) is 3.41. The summed E-state index contributed by atoms with van der Waals surface area (Å²) in [5.74, 6) is -1.12. The minimum Gasteiger partial charge on any atom is -0.478 e. The normalized spacial score (nSPS) is 10.3. The zero-order chi connectivity index (χ0) is 13.3. The van der Waals surface area contributed by atoms with E-state index < -0.39 is 5.97 Å². The molecule has 0 bridgehead atoms. The number of nitrogen functional groups attached to an aromatic ring is 1. The first kappa shape index (κ1) is 12.7. The SMILES string of the molecule is Nc1cnc(-c2cccc(Cl)c2Cl)cc1C(=O)O. The quantitative estimate of drug-likeness (QED) is 0.886. The monoisotopic (exact) mass is 282 g/mol. The third-order valence-corrected chi connectivity index (χ3v) is 3.21. The van der Waals surface area contributed by atoms with Crippen LogP contribution in [-0.2, 0) is 0 Å². The summed E-state index contributed by atoms with van der Waals surface area (Å²) < 4.78 is 0. The smallest absolute Gasteiger partial charge is 0.337 e. The Labute approximate surface area is 113 Å². The molecule has 0 spiro atoms. The second-order valence-electron chi connectivity index (χ2n) is 3.56. The van der Waals surface area contributed by atoms with Gasteiger partial charge in [0.15, 0.2) is 0 Å². The maximum absolute atomic E-state index is 11.0. The third kappa shape index (κ3) is 2.25. The topological polar surface area (TPSA) is 76.2 Å². The number of nitrogens with zero attached hydrogens (tertiary/aromatic N) is 1. The van der Waals surface area contributed by atoms with Crippen molar-refractivity contribution in [2.75, 3.05) is 5.73 Å². The Morgan fingerprint density at radius 1 is 1.33 bits per heavy atom. The summed E-state index contributed by atoms with van der Waals surface area (Å²) in [7, 11) is 0. The lowest BCUT2D eigenvalue weighted by Gasteiger charge is -2.07. The number of carbonyl (C=O) groups is 1. The number of pyridine rings is 1. The van der Waals surface area contributed by atoms with E-state index in [2.05, 4.69) is 4.98 Å². The summed E-state index contributed by atoms with van der Waals surface area (Å²) in [5, 5.41) is 9.70. The predicted octanol–water partition coefficient (Wildman–Crippen LogP) is 3.34. The Bertz CT molecular complexity index is 629. The van der Waals surface area contributed by atoms with Gasteiger partial charge in [0.2, 0.25) is 0 Å². The number of benzene rings is 1. The van der Waals surface area contributed by atoms with Crippen molar-refractivity contribution in [2.24, 2.45) is 0 Å². The molecule has 0 radical (unpaired) electrons. The third-order valence-electron chi connectivity index (χ3n) is 2.39. The maximum atomic E-state index is 11.0. The zero-order valence-corrected chi connectivity index (χ0v) is 10.5. The average molecular weight is 283 g/mol. The van der Waals surface area contributed by atoms with E-state index in [-0.39, 0.29) is 11.3 Å². The van der Waals surface area contributed by atoms with Crippen LogP contribution in [0.3, 0.4) is 0 Å². The average Bonchev–Trinajstić information content (AvgIpc) is 2.33. The van der Waals surface area contributed by atoms with Crippen LogP contribution < -0.4 is 5.73 Å². The van der Waals surface area contributed by atoms with E-state index in [4.69, 9.17) is 34.0 Å². The molecule has 1 aromatic carbocycles. The second-order valence-corrected chi connectivity index (χ2v) is 4.35. The number of anilines is 1. The van der Waals surface area contributed by atoms with Crippen molar-refractivity contribution >= 4 is 34.9 Å². The van der Waals surface area contributed by atoms with Gasteiger partial charge in [0, 0.05) is 5.56 Å². The molecule has 1 heterocycles. The number of rotatable bonds is 2. The fourth-order valence-electron chi connectivity index (χ4n) is 1.50. The molecule has 2 aromatic rings. The summed E-state index contributed by atoms with van der Waals surface area (Å²) in [6, 6.07) is 6.43. The van der Waals surface area contributed by atoms with Gasteiger partial charge in [-0.25, -0.2) is 4.79 Å². The van der Waals surface area contributed by atoms with Crippen molar-refractivity contribution < 1.29 is 9.90 Å². The molecule has 0 aliphatic carbocycles. The molecule has 0 fully saturated rings. The van der Waals surface area contributed by atoms with Gasteiger partial charge in [-0.2, -0.15) is 0 Å². The van der Waals surface area contributed by atoms with Gasteiger partial charge in [0.25, 0.3) is 0 Å². The Morgan fingerprint density at radius 3 is 2.72 bits per heavy atom. The summed E-state index contributed by atoms with van der Waals surface area (Å²) in [4.78, 5) is 15.1. The van der Waals surface area contributed by atoms with Crippen LogP contribution in [0.4, 0.5) is 5.69 Å². The number of halogens is 2. The molecule has 0 aliphatic rings. The van der Waals surface area contributed by atoms with E-state index >= 15 is 0 Å². The first-order valence-electron chi connectivity index (χ1n) is 4.94. The molecule has 92 valence electrons. The molecule has 4 nitrogen and oxygen atoms in total. The number of hydrogen-bond donors (Lipinski definition) is 2. The Hall–Kier alpha value is -1.78. The number of carboxylic acid groups (broad SMARTS) is 1. The zero-order valence-electron chi connectivity index (χ0n) is 9.02. The minimum absolute atomic E-state index is 0.0176. The predicted molar refractivity (Wildman–Crippen MR) is 71.1 cm³/mol. The number of hydrogen-bond acceptors (Lipinski definition) is 3. The molecular formula is C12H8Cl2N2O2. The van der Waals surface area contributed by atoms with Gasteiger partial charge in [-0.15, -0.1) is 0 Å². The molecule has 1 aromatic heterocycles. The highest BCUT2D eigenvalue weighted by atomic mass is 35.5. The van der Waals surface area contributed by atoms with Crippen molar-refractivity contribution in [1.82, 2.24) is 4.98 Å². The van der Waals surface area contributed by atoms with Gasteiger partial charge in [-0.1, -0.05) is 35.3 Å². The van der Waals surface area contributed by atoms with E-state index in [9.17, 15) is 4.79 Å². The molecule has 0 saturated carbocycles. The van der Waals surface area contributed by atoms with Crippen LogP contribution >= 0.6 is 23.2 Å². The van der Waals surface area contributed by atoms with E-state index in [0.717, 1.165) is 0 Å². The first-order valence-corrected chi connectivity index (χ1v) is 5.69. The molecule has 0 unspecified atom stereocenters. The van der Waals surface area contributed by atoms with E-state index in [0.29, 0.717) is 21.3 Å². The number of aromatic nitrogens is 1. The molecule has 6 heteroatoms. The van der Waals surface area contributed by atoms with Crippen LogP contribution in [0.25, 0.3) is 11.3 Å². The van der Waals surface area contributed by atoms with Gasteiger partial charge < -0.3 is 10.8 Å². The van der Waals surface area contributed by atoms with Crippen molar-refractivity contribution in [2.45, 2.75) is 0 Å². The minimum atomic E-state index is -1.12. The highest BCUT2D eigenvalue weighted by Gasteiger charge is 2.13. The highest BCUT2D eigenvalue weighted by Crippen LogP contribution is 2.33. The summed E-state index contributed by atoms with van der Waals surface area (Å²) >= 11 is 11.9. The van der Waals surface area contributed by atoms with Crippen molar-refractivity contribution in [3.8, 4) is 11.3 Å². The van der Waals surface area contributed by atoms with Crippen LogP contribution in [0.15, 0.2) is 30.5 Å². The Morgan fingerprint density at radius 2 is 2.06 bits per heavy atom. The fraction of sp³-hybridized carbons (Fsp3) is 0. The van der Waals surface area contributed by atoms with E-state index in [1.165, 1.54) is 12.3 Å².